The summed E-state index contributed by atoms with van der Waals surface area (Å²) in [7, 11) is 0. The average molecular weight is 365 g/mol. The van der Waals surface area contributed by atoms with Crippen LogP contribution in [-0.2, 0) is 0 Å². The molecule has 0 amide bonds. The maximum absolute atomic E-state index is 13.0. The Morgan fingerprint density at radius 3 is 2.52 bits per heavy atom. The van der Waals surface area contributed by atoms with Crippen molar-refractivity contribution in [3.8, 4) is 22.0 Å². The third kappa shape index (κ3) is 3.70. The van der Waals surface area contributed by atoms with Crippen LogP contribution in [0.3, 0.4) is 0 Å². The molecule has 0 N–H and O–H groups in total. The van der Waals surface area contributed by atoms with Crippen molar-refractivity contribution >= 4 is 34.8 Å². The van der Waals surface area contributed by atoms with E-state index >= 15 is 0 Å². The normalized spacial score (nSPS) is 11.2. The summed E-state index contributed by atoms with van der Waals surface area (Å²) in [4.78, 5) is 13.4. The van der Waals surface area contributed by atoms with Gasteiger partial charge in [-0.05, 0) is 48.6 Å². The maximum atomic E-state index is 13.0. The Morgan fingerprint density at radius 2 is 1.72 bits per heavy atom. The predicted octanol–water partition coefficient (Wildman–Crippen LogP) is 5.64. The van der Waals surface area contributed by atoms with Gasteiger partial charge in [0.25, 0.3) is 0 Å². The molecule has 3 heterocycles. The zero-order valence-corrected chi connectivity index (χ0v) is 14.6. The number of aromatic nitrogens is 3. The lowest BCUT2D eigenvalue weighted by molar-refractivity contribution is 0.628. The van der Waals surface area contributed by atoms with Gasteiger partial charge in [0.1, 0.15) is 15.8 Å². The summed E-state index contributed by atoms with van der Waals surface area (Å²) >= 11 is 3.11. The van der Waals surface area contributed by atoms with E-state index in [1.54, 1.807) is 41.0 Å². The second-order valence-corrected chi connectivity index (χ2v) is 6.95. The first-order valence-electron chi connectivity index (χ1n) is 7.54. The lowest BCUT2D eigenvalue weighted by atomic mass is 10.2. The van der Waals surface area contributed by atoms with Crippen LogP contribution in [0, 0.1) is 5.82 Å². The Morgan fingerprint density at radius 1 is 0.840 bits per heavy atom. The summed E-state index contributed by atoms with van der Waals surface area (Å²) in [6.07, 6.45) is 5.64. The molecule has 0 fully saturated rings. The highest BCUT2D eigenvalue weighted by molar-refractivity contribution is 7.13. The van der Waals surface area contributed by atoms with Gasteiger partial charge in [-0.3, -0.25) is 4.98 Å². The summed E-state index contributed by atoms with van der Waals surface area (Å²) in [6.45, 7) is 0. The van der Waals surface area contributed by atoms with Crippen LogP contribution >= 0.6 is 22.7 Å². The van der Waals surface area contributed by atoms with Crippen LogP contribution in [0.5, 0.6) is 0 Å². The van der Waals surface area contributed by atoms with Crippen LogP contribution in [0.2, 0.25) is 0 Å². The molecule has 0 spiro atoms. The summed E-state index contributed by atoms with van der Waals surface area (Å²) in [5, 5.41) is 5.74. The Labute approximate surface area is 152 Å². The van der Waals surface area contributed by atoms with Gasteiger partial charge in [0, 0.05) is 22.5 Å². The molecule has 4 rings (SSSR count). The van der Waals surface area contributed by atoms with Crippen molar-refractivity contribution in [3.63, 3.8) is 0 Å². The van der Waals surface area contributed by atoms with Gasteiger partial charge in [-0.2, -0.15) is 0 Å². The lowest BCUT2D eigenvalue weighted by Crippen LogP contribution is -1.81. The van der Waals surface area contributed by atoms with Gasteiger partial charge >= 0.3 is 0 Å². The number of rotatable bonds is 4. The van der Waals surface area contributed by atoms with Crippen molar-refractivity contribution in [2.75, 3.05) is 0 Å². The highest BCUT2D eigenvalue weighted by Crippen LogP contribution is 2.25. The monoisotopic (exact) mass is 365 g/mol. The fourth-order valence-electron chi connectivity index (χ4n) is 2.24. The van der Waals surface area contributed by atoms with Crippen molar-refractivity contribution in [1.82, 2.24) is 15.0 Å². The molecule has 4 aromatic rings. The Bertz CT molecular complexity index is 1000. The third-order valence-corrected chi connectivity index (χ3v) is 5.16. The van der Waals surface area contributed by atoms with Crippen molar-refractivity contribution in [3.05, 3.63) is 75.9 Å². The molecule has 25 heavy (non-hydrogen) atoms. The molecule has 0 saturated carbocycles. The van der Waals surface area contributed by atoms with Gasteiger partial charge in [0.05, 0.1) is 17.1 Å². The molecule has 0 bridgehead atoms. The SMILES string of the molecule is Fc1ccc(-c2csc(/C=C/c3csc(-c4ccccn4)n3)n2)cc1. The topological polar surface area (TPSA) is 38.7 Å². The fraction of sp³-hybridized carbons (Fsp3) is 0. The first-order chi connectivity index (χ1) is 12.3. The Balaban J connectivity index is 1.51. The van der Waals surface area contributed by atoms with E-state index in [0.29, 0.717) is 0 Å². The Hall–Kier alpha value is -2.70. The summed E-state index contributed by atoms with van der Waals surface area (Å²) in [5.41, 5.74) is 3.50. The quantitative estimate of drug-likeness (QED) is 0.470. The third-order valence-electron chi connectivity index (χ3n) is 3.46. The van der Waals surface area contributed by atoms with E-state index in [9.17, 15) is 4.39 Å². The minimum absolute atomic E-state index is 0.244. The van der Waals surface area contributed by atoms with Gasteiger partial charge in [-0.1, -0.05) is 6.07 Å². The van der Waals surface area contributed by atoms with E-state index < -0.39 is 0 Å². The lowest BCUT2D eigenvalue weighted by Gasteiger charge is -1.94. The average Bonchev–Trinajstić information content (AvgIpc) is 3.31. The van der Waals surface area contributed by atoms with Crippen molar-refractivity contribution in [1.29, 1.82) is 0 Å². The highest BCUT2D eigenvalue weighted by Gasteiger charge is 2.05. The molecule has 0 saturated heterocycles. The van der Waals surface area contributed by atoms with Gasteiger partial charge in [0.15, 0.2) is 0 Å². The minimum Gasteiger partial charge on any atom is -0.254 e. The molecule has 0 aliphatic carbocycles. The van der Waals surface area contributed by atoms with E-state index in [2.05, 4.69) is 15.0 Å². The van der Waals surface area contributed by atoms with Crippen molar-refractivity contribution in [2.45, 2.75) is 0 Å². The first-order valence-corrected chi connectivity index (χ1v) is 9.30. The van der Waals surface area contributed by atoms with Crippen molar-refractivity contribution in [2.24, 2.45) is 0 Å². The molecular weight excluding hydrogens is 353 g/mol. The predicted molar refractivity (Wildman–Crippen MR) is 102 cm³/mol. The van der Waals surface area contributed by atoms with Crippen LogP contribution in [0.1, 0.15) is 10.7 Å². The zero-order valence-electron chi connectivity index (χ0n) is 13.0. The van der Waals surface area contributed by atoms with Gasteiger partial charge < -0.3 is 0 Å². The molecule has 6 heteroatoms. The molecule has 0 aliphatic rings. The first kappa shape index (κ1) is 15.8. The molecule has 0 aliphatic heterocycles. The van der Waals surface area contributed by atoms with E-state index in [1.807, 2.05) is 41.1 Å². The molecule has 1 aromatic carbocycles. The second kappa shape index (κ2) is 7.04. The molecule has 3 aromatic heterocycles. The number of hydrogen-bond acceptors (Lipinski definition) is 5. The fourth-order valence-corrected chi connectivity index (χ4v) is 3.73. The number of thiazole rings is 2. The van der Waals surface area contributed by atoms with E-state index in [-0.39, 0.29) is 5.82 Å². The van der Waals surface area contributed by atoms with Crippen LogP contribution in [0.15, 0.2) is 59.4 Å². The second-order valence-electron chi connectivity index (χ2n) is 5.20. The number of pyridine rings is 1. The number of halogens is 1. The Kier molecular flexibility index (Phi) is 4.45. The molecule has 0 radical (unpaired) electrons. The highest BCUT2D eigenvalue weighted by atomic mass is 32.1. The zero-order chi connectivity index (χ0) is 17.1. The molecular formula is C19H12FN3S2. The standard InChI is InChI=1S/C19H12FN3S2/c20-14-6-4-13(5-7-14)17-12-24-18(23-17)9-8-15-11-25-19(22-15)16-3-1-2-10-21-16/h1-12H/b9-8+. The molecule has 3 nitrogen and oxygen atoms in total. The van der Waals surface area contributed by atoms with Crippen molar-refractivity contribution < 1.29 is 4.39 Å². The van der Waals surface area contributed by atoms with Crippen LogP contribution in [0.4, 0.5) is 4.39 Å². The van der Waals surface area contributed by atoms with Crippen LogP contribution in [-0.4, -0.2) is 15.0 Å². The molecule has 0 atom stereocenters. The van der Waals surface area contributed by atoms with E-state index in [4.69, 9.17) is 0 Å². The maximum Gasteiger partial charge on any atom is 0.142 e. The summed E-state index contributed by atoms with van der Waals surface area (Å²) < 4.78 is 13.0. The minimum atomic E-state index is -0.244. The van der Waals surface area contributed by atoms with Gasteiger partial charge in [-0.15, -0.1) is 22.7 Å². The summed E-state index contributed by atoms with van der Waals surface area (Å²) in [5.74, 6) is -0.244. The van der Waals surface area contributed by atoms with E-state index in [1.165, 1.54) is 12.1 Å². The smallest absolute Gasteiger partial charge is 0.142 e. The summed E-state index contributed by atoms with van der Waals surface area (Å²) in [6, 6.07) is 12.1. The molecule has 122 valence electrons. The van der Waals surface area contributed by atoms with Crippen LogP contribution < -0.4 is 0 Å². The van der Waals surface area contributed by atoms with Gasteiger partial charge in [-0.25, -0.2) is 14.4 Å². The van der Waals surface area contributed by atoms with Crippen LogP contribution in [0.25, 0.3) is 34.1 Å². The van der Waals surface area contributed by atoms with E-state index in [0.717, 1.165) is 32.7 Å². The number of nitrogens with zero attached hydrogens (tertiary/aromatic N) is 3. The molecule has 0 unspecified atom stereocenters. The van der Waals surface area contributed by atoms with Gasteiger partial charge in [0.2, 0.25) is 0 Å². The largest absolute Gasteiger partial charge is 0.254 e. The number of hydrogen-bond donors (Lipinski definition) is 0. The number of benzene rings is 1.